The summed E-state index contributed by atoms with van der Waals surface area (Å²) in [4.78, 5) is 12.5. The van der Waals surface area contributed by atoms with Crippen LogP contribution in [0, 0.1) is 0 Å². The first-order valence-corrected chi connectivity index (χ1v) is 9.59. The quantitative estimate of drug-likeness (QED) is 0.269. The minimum Gasteiger partial charge on any atom is -0.493 e. The number of hydrogen-bond acceptors (Lipinski definition) is 4. The molecule has 0 radical (unpaired) electrons. The van der Waals surface area contributed by atoms with E-state index in [2.05, 4.69) is 20.4 Å². The van der Waals surface area contributed by atoms with Gasteiger partial charge in [0.05, 0.1) is 19.0 Å². The molecular formula is C24H28O4. The maximum Gasteiger partial charge on any atom is 0.185 e. The summed E-state index contributed by atoms with van der Waals surface area (Å²) in [6, 6.07) is 12.7. The van der Waals surface area contributed by atoms with E-state index < -0.39 is 0 Å². The van der Waals surface area contributed by atoms with E-state index >= 15 is 0 Å². The topological polar surface area (TPSA) is 44.8 Å². The lowest BCUT2D eigenvalue weighted by atomic mass is 10.1. The number of ether oxygens (including phenoxy) is 3. The molecule has 0 aliphatic heterocycles. The van der Waals surface area contributed by atoms with Crippen molar-refractivity contribution in [1.29, 1.82) is 0 Å². The number of benzene rings is 2. The number of carbonyl (C=O) groups excluding carboxylic acids is 1. The second-order valence-electron chi connectivity index (χ2n) is 6.42. The number of allylic oxidation sites excluding steroid dienone is 2. The van der Waals surface area contributed by atoms with Crippen LogP contribution in [0.1, 0.15) is 49.5 Å². The zero-order valence-corrected chi connectivity index (χ0v) is 16.9. The number of rotatable bonds is 11. The van der Waals surface area contributed by atoms with Crippen LogP contribution in [0.15, 0.2) is 60.9 Å². The molecule has 0 spiro atoms. The monoisotopic (exact) mass is 380 g/mol. The highest BCUT2D eigenvalue weighted by atomic mass is 16.5. The summed E-state index contributed by atoms with van der Waals surface area (Å²) in [6.07, 6.45) is 5.17. The summed E-state index contributed by atoms with van der Waals surface area (Å²) in [5, 5.41) is 0. The van der Waals surface area contributed by atoms with Crippen LogP contribution in [-0.4, -0.2) is 19.0 Å². The van der Waals surface area contributed by atoms with Crippen molar-refractivity contribution in [2.75, 3.05) is 13.2 Å². The molecule has 0 heterocycles. The van der Waals surface area contributed by atoms with E-state index in [1.807, 2.05) is 18.2 Å². The van der Waals surface area contributed by atoms with E-state index in [-0.39, 0.29) is 5.78 Å². The summed E-state index contributed by atoms with van der Waals surface area (Å²) >= 11 is 0. The molecule has 0 N–H and O–H groups in total. The molecule has 0 aliphatic carbocycles. The van der Waals surface area contributed by atoms with Gasteiger partial charge in [0.15, 0.2) is 5.78 Å². The van der Waals surface area contributed by atoms with Crippen LogP contribution in [0.3, 0.4) is 0 Å². The van der Waals surface area contributed by atoms with Crippen molar-refractivity contribution >= 4 is 11.9 Å². The zero-order valence-electron chi connectivity index (χ0n) is 16.9. The molecule has 0 atom stereocenters. The fraction of sp³-hybridized carbons (Fsp3) is 0.292. The molecule has 0 saturated carbocycles. The van der Waals surface area contributed by atoms with E-state index in [4.69, 9.17) is 14.2 Å². The van der Waals surface area contributed by atoms with Gasteiger partial charge in [-0.3, -0.25) is 4.79 Å². The van der Waals surface area contributed by atoms with Crippen LogP contribution < -0.4 is 14.2 Å². The Bertz CT molecular complexity index is 819. The van der Waals surface area contributed by atoms with Crippen LogP contribution in [0.5, 0.6) is 17.2 Å². The van der Waals surface area contributed by atoms with Crippen molar-refractivity contribution in [2.45, 2.75) is 33.6 Å². The summed E-state index contributed by atoms with van der Waals surface area (Å²) in [5.41, 5.74) is 1.43. The lowest BCUT2D eigenvalue weighted by Gasteiger charge is -2.11. The predicted molar refractivity (Wildman–Crippen MR) is 113 cm³/mol. The molecule has 0 fully saturated rings. The maximum atomic E-state index is 12.5. The van der Waals surface area contributed by atoms with Crippen molar-refractivity contribution in [3.05, 3.63) is 72.0 Å². The smallest absolute Gasteiger partial charge is 0.185 e. The molecular weight excluding hydrogens is 352 g/mol. The first-order chi connectivity index (χ1) is 13.5. The van der Waals surface area contributed by atoms with Gasteiger partial charge in [0, 0.05) is 17.2 Å². The Labute approximate surface area is 167 Å². The van der Waals surface area contributed by atoms with Gasteiger partial charge in [0.1, 0.15) is 17.2 Å². The Morgan fingerprint density at radius 3 is 2.25 bits per heavy atom. The third-order valence-corrected chi connectivity index (χ3v) is 3.76. The van der Waals surface area contributed by atoms with Gasteiger partial charge >= 0.3 is 0 Å². The molecule has 2 rings (SSSR count). The Kier molecular flexibility index (Phi) is 8.35. The predicted octanol–water partition coefficient (Wildman–Crippen LogP) is 6.07. The molecule has 0 unspecified atom stereocenters. The van der Waals surface area contributed by atoms with Crippen LogP contribution >= 0.6 is 0 Å². The van der Waals surface area contributed by atoms with E-state index in [9.17, 15) is 4.79 Å². The third kappa shape index (κ3) is 6.62. The van der Waals surface area contributed by atoms with Crippen molar-refractivity contribution in [1.82, 2.24) is 0 Å². The first-order valence-electron chi connectivity index (χ1n) is 9.59. The molecule has 0 amide bonds. The Morgan fingerprint density at radius 2 is 1.61 bits per heavy atom. The van der Waals surface area contributed by atoms with Crippen LogP contribution in [-0.2, 0) is 0 Å². The number of hydrogen-bond donors (Lipinski definition) is 0. The molecule has 0 aliphatic rings. The normalized spacial score (nSPS) is 10.7. The summed E-state index contributed by atoms with van der Waals surface area (Å²) in [6.45, 7) is 10.9. The SMILES string of the molecule is C=C(C)Oc1ccc(C(=O)/C=C/c2ccc(OCCC)cc2OCCC)cc1. The number of ketones is 1. The lowest BCUT2D eigenvalue weighted by Crippen LogP contribution is -2.00. The van der Waals surface area contributed by atoms with Crippen LogP contribution in [0.4, 0.5) is 0 Å². The minimum atomic E-state index is -0.0883. The molecule has 4 heteroatoms. The molecule has 2 aromatic carbocycles. The molecule has 2 aromatic rings. The van der Waals surface area contributed by atoms with Gasteiger partial charge in [0.25, 0.3) is 0 Å². The average Bonchev–Trinajstić information content (AvgIpc) is 2.69. The standard InChI is InChI=1S/C24H28O4/c1-5-15-26-22-13-9-20(24(17-22)27-16-6-2)10-14-23(25)19-7-11-21(12-8-19)28-18(3)4/h7-14,17H,3,5-6,15-16H2,1-2,4H3/b14-10+. The highest BCUT2D eigenvalue weighted by Crippen LogP contribution is 2.27. The largest absolute Gasteiger partial charge is 0.493 e. The van der Waals surface area contributed by atoms with Gasteiger partial charge in [-0.15, -0.1) is 0 Å². The molecule has 0 aromatic heterocycles. The zero-order chi connectivity index (χ0) is 20.4. The van der Waals surface area contributed by atoms with Crippen LogP contribution in [0.25, 0.3) is 6.08 Å². The van der Waals surface area contributed by atoms with E-state index in [1.54, 1.807) is 43.3 Å². The molecule has 28 heavy (non-hydrogen) atoms. The van der Waals surface area contributed by atoms with Gasteiger partial charge < -0.3 is 14.2 Å². The summed E-state index contributed by atoms with van der Waals surface area (Å²) in [5.74, 6) is 2.65. The van der Waals surface area contributed by atoms with Gasteiger partial charge in [0.2, 0.25) is 0 Å². The lowest BCUT2D eigenvalue weighted by molar-refractivity contribution is 0.104. The molecule has 0 bridgehead atoms. The molecule has 0 saturated heterocycles. The average molecular weight is 380 g/mol. The van der Waals surface area contributed by atoms with E-state index in [0.717, 1.165) is 24.2 Å². The van der Waals surface area contributed by atoms with Gasteiger partial charge in [-0.25, -0.2) is 0 Å². The highest BCUT2D eigenvalue weighted by Gasteiger charge is 2.07. The van der Waals surface area contributed by atoms with E-state index in [1.165, 1.54) is 0 Å². The summed E-state index contributed by atoms with van der Waals surface area (Å²) in [7, 11) is 0. The van der Waals surface area contributed by atoms with Crippen LogP contribution in [0.2, 0.25) is 0 Å². The maximum absolute atomic E-state index is 12.5. The Morgan fingerprint density at radius 1 is 0.964 bits per heavy atom. The Balaban J connectivity index is 2.14. The van der Waals surface area contributed by atoms with Crippen molar-refractivity contribution in [3.63, 3.8) is 0 Å². The first kappa shape index (κ1) is 21.3. The highest BCUT2D eigenvalue weighted by molar-refractivity contribution is 6.07. The molecule has 148 valence electrons. The second-order valence-corrected chi connectivity index (χ2v) is 6.42. The van der Waals surface area contributed by atoms with Crippen molar-refractivity contribution in [2.24, 2.45) is 0 Å². The van der Waals surface area contributed by atoms with Crippen molar-refractivity contribution < 1.29 is 19.0 Å². The van der Waals surface area contributed by atoms with Gasteiger partial charge in [-0.05, 0) is 68.3 Å². The Hall–Kier alpha value is -3.01. The fourth-order valence-electron chi connectivity index (χ4n) is 2.45. The molecule has 4 nitrogen and oxygen atoms in total. The minimum absolute atomic E-state index is 0.0883. The fourth-order valence-corrected chi connectivity index (χ4v) is 2.45. The number of carbonyl (C=O) groups is 1. The van der Waals surface area contributed by atoms with Gasteiger partial charge in [-0.2, -0.15) is 0 Å². The second kappa shape index (κ2) is 11.0. The summed E-state index contributed by atoms with van der Waals surface area (Å²) < 4.78 is 16.9. The third-order valence-electron chi connectivity index (χ3n) is 3.76. The van der Waals surface area contributed by atoms with Crippen molar-refractivity contribution in [3.8, 4) is 17.2 Å². The van der Waals surface area contributed by atoms with Gasteiger partial charge in [-0.1, -0.05) is 20.4 Å². The van der Waals surface area contributed by atoms with E-state index in [0.29, 0.717) is 36.0 Å².